The summed E-state index contributed by atoms with van der Waals surface area (Å²) in [5.74, 6) is 0.913. The normalized spacial score (nSPS) is 18.4. The van der Waals surface area contributed by atoms with Crippen LogP contribution in [0.5, 0.6) is 11.5 Å². The van der Waals surface area contributed by atoms with Gasteiger partial charge in [-0.05, 0) is 116 Å². The van der Waals surface area contributed by atoms with E-state index in [1.54, 1.807) is 0 Å². The molecule has 0 saturated carbocycles. The second-order valence-electron chi connectivity index (χ2n) is 10.4. The molecule has 0 N–H and O–H groups in total. The molecule has 0 aromatic heterocycles. The number of benzene rings is 1. The van der Waals surface area contributed by atoms with E-state index in [2.05, 4.69) is 6.08 Å². The highest BCUT2D eigenvalue weighted by molar-refractivity contribution is 5.70. The van der Waals surface area contributed by atoms with Gasteiger partial charge in [0.25, 0.3) is 0 Å². The van der Waals surface area contributed by atoms with E-state index in [9.17, 15) is 18.0 Å². The molecule has 0 aliphatic carbocycles. The van der Waals surface area contributed by atoms with E-state index in [0.29, 0.717) is 37.9 Å². The largest absolute Gasteiger partial charge is 0.487 e. The van der Waals surface area contributed by atoms with Gasteiger partial charge in [-0.3, -0.25) is 4.79 Å². The van der Waals surface area contributed by atoms with Crippen molar-refractivity contribution in [1.29, 1.82) is 0 Å². The molecule has 3 nitrogen and oxygen atoms in total. The van der Waals surface area contributed by atoms with Crippen molar-refractivity contribution in [3.05, 3.63) is 57.7 Å². The van der Waals surface area contributed by atoms with Crippen LogP contribution in [0.2, 0.25) is 0 Å². The van der Waals surface area contributed by atoms with Crippen molar-refractivity contribution in [2.24, 2.45) is 0 Å². The van der Waals surface area contributed by atoms with Crippen LogP contribution in [-0.2, 0) is 11.2 Å². The van der Waals surface area contributed by atoms with Crippen LogP contribution in [0.1, 0.15) is 96.3 Å². The van der Waals surface area contributed by atoms with E-state index in [1.165, 1.54) is 18.6 Å². The number of hydrogen-bond acceptors (Lipinski definition) is 3. The molecule has 1 unspecified atom stereocenters. The number of aryl methyl sites for hydroxylation is 1. The minimum Gasteiger partial charge on any atom is -0.487 e. The number of allylic oxidation sites excluding steroid dienone is 6. The van der Waals surface area contributed by atoms with Crippen molar-refractivity contribution >= 4 is 5.97 Å². The van der Waals surface area contributed by atoms with Gasteiger partial charge in [-0.1, -0.05) is 29.4 Å². The summed E-state index contributed by atoms with van der Waals surface area (Å²) in [4.78, 5) is 11.4. The maximum absolute atomic E-state index is 13.7. The molecule has 0 radical (unpaired) electrons. The Morgan fingerprint density at radius 2 is 1.69 bits per heavy atom. The van der Waals surface area contributed by atoms with Gasteiger partial charge in [-0.25, -0.2) is 0 Å². The minimum atomic E-state index is -4.33. The maximum Gasteiger partial charge on any atom is 0.412 e. The average Bonchev–Trinajstić information content (AvgIpc) is 2.75. The second-order valence-corrected chi connectivity index (χ2v) is 10.4. The lowest BCUT2D eigenvalue weighted by molar-refractivity contribution is -0.131. The van der Waals surface area contributed by atoms with Gasteiger partial charge in [0, 0.05) is 12.5 Å². The van der Waals surface area contributed by atoms with Crippen LogP contribution >= 0.6 is 0 Å². The van der Waals surface area contributed by atoms with E-state index >= 15 is 0 Å². The first kappa shape index (κ1) is 29.7. The zero-order chi connectivity index (χ0) is 27.1. The fourth-order valence-electron chi connectivity index (χ4n) is 4.47. The van der Waals surface area contributed by atoms with E-state index in [-0.39, 0.29) is 12.4 Å². The Morgan fingerprint density at radius 3 is 2.31 bits per heavy atom. The molecule has 6 heteroatoms. The fourth-order valence-corrected chi connectivity index (χ4v) is 4.47. The lowest BCUT2D eigenvalue weighted by Crippen LogP contribution is -2.36. The number of ether oxygens (including phenoxy) is 2. The summed E-state index contributed by atoms with van der Waals surface area (Å²) in [6.07, 6.45) is 5.44. The third kappa shape index (κ3) is 8.86. The molecule has 2 rings (SSSR count). The van der Waals surface area contributed by atoms with E-state index in [0.717, 1.165) is 40.9 Å². The fraction of sp³-hybridized carbons (Fsp3) is 0.567. The maximum atomic E-state index is 13.7. The van der Waals surface area contributed by atoms with Crippen molar-refractivity contribution in [3.8, 4) is 11.5 Å². The van der Waals surface area contributed by atoms with Crippen LogP contribution in [0, 0.1) is 13.8 Å². The van der Waals surface area contributed by atoms with E-state index in [4.69, 9.17) is 9.47 Å². The summed E-state index contributed by atoms with van der Waals surface area (Å²) >= 11 is 0. The van der Waals surface area contributed by atoms with Crippen LogP contribution in [0.3, 0.4) is 0 Å². The molecule has 1 aliphatic rings. The Hall–Kier alpha value is -2.50. The van der Waals surface area contributed by atoms with E-state index < -0.39 is 17.4 Å². The van der Waals surface area contributed by atoms with Gasteiger partial charge in [0.05, 0.1) is 0 Å². The molecule has 1 aromatic carbocycles. The molecule has 36 heavy (non-hydrogen) atoms. The molecular weight excluding hydrogens is 465 g/mol. The van der Waals surface area contributed by atoms with Crippen LogP contribution in [0.15, 0.2) is 41.0 Å². The van der Waals surface area contributed by atoms with Gasteiger partial charge >= 0.3 is 12.1 Å². The van der Waals surface area contributed by atoms with Crippen LogP contribution in [0.4, 0.5) is 13.2 Å². The number of halogens is 3. The lowest BCUT2D eigenvalue weighted by Gasteiger charge is -2.37. The van der Waals surface area contributed by atoms with Crippen molar-refractivity contribution < 1.29 is 27.4 Å². The number of rotatable bonds is 10. The summed E-state index contributed by atoms with van der Waals surface area (Å²) in [5, 5.41) is 0. The second kappa shape index (κ2) is 12.6. The Kier molecular flexibility index (Phi) is 10.4. The summed E-state index contributed by atoms with van der Waals surface area (Å²) in [7, 11) is 0. The van der Waals surface area contributed by atoms with Crippen LogP contribution < -0.4 is 9.47 Å². The third-order valence-corrected chi connectivity index (χ3v) is 6.82. The lowest BCUT2D eigenvalue weighted by atomic mass is 9.86. The zero-order valence-corrected chi connectivity index (χ0v) is 22.8. The molecule has 0 bridgehead atoms. The van der Waals surface area contributed by atoms with Crippen molar-refractivity contribution in [2.45, 2.75) is 112 Å². The molecule has 0 spiro atoms. The van der Waals surface area contributed by atoms with Crippen LogP contribution in [0.25, 0.3) is 0 Å². The highest BCUT2D eigenvalue weighted by Crippen LogP contribution is 2.42. The number of carbonyl (C=O) groups is 1. The summed E-state index contributed by atoms with van der Waals surface area (Å²) in [5.41, 5.74) is 4.05. The smallest absolute Gasteiger partial charge is 0.412 e. The van der Waals surface area contributed by atoms with Gasteiger partial charge in [0.1, 0.15) is 17.1 Å². The van der Waals surface area contributed by atoms with Crippen LogP contribution in [-0.4, -0.2) is 17.7 Å². The SMILES string of the molecule is CC(=O)Oc1cc2c(c(C)c1C)OC(C)(CC/C=C(/CC/C=C(\C)CCC=C(C)C)C(F)(F)F)CC2. The first-order valence-corrected chi connectivity index (χ1v) is 12.8. The standard InChI is InChI=1S/C30H41F3O3/c1-20(2)11-8-12-21(3)13-9-14-26(30(31,32)33)15-10-17-29(7)18-16-25-19-27(35-24(6)34)22(4)23(5)28(25)36-29/h11,13,15,19H,8-10,12,14,16-18H2,1-7H3/b21-13+,26-15-. The van der Waals surface area contributed by atoms with Crippen molar-refractivity contribution in [1.82, 2.24) is 0 Å². The first-order chi connectivity index (χ1) is 16.7. The molecule has 200 valence electrons. The first-order valence-electron chi connectivity index (χ1n) is 12.8. The molecule has 1 heterocycles. The Balaban J connectivity index is 2.04. The minimum absolute atomic E-state index is 0.0128. The quantitative estimate of drug-likeness (QED) is 0.180. The molecule has 0 saturated heterocycles. The van der Waals surface area contributed by atoms with Gasteiger partial charge in [0.15, 0.2) is 0 Å². The Morgan fingerprint density at radius 1 is 1.03 bits per heavy atom. The molecule has 0 amide bonds. The number of alkyl halides is 3. The number of hydrogen-bond donors (Lipinski definition) is 0. The Bertz CT molecular complexity index is 1030. The summed E-state index contributed by atoms with van der Waals surface area (Å²) in [6.45, 7) is 13.2. The summed E-state index contributed by atoms with van der Waals surface area (Å²) in [6, 6.07) is 1.84. The van der Waals surface area contributed by atoms with Gasteiger partial charge in [-0.2, -0.15) is 13.2 Å². The van der Waals surface area contributed by atoms with Crippen molar-refractivity contribution in [2.75, 3.05) is 0 Å². The monoisotopic (exact) mass is 506 g/mol. The zero-order valence-electron chi connectivity index (χ0n) is 22.8. The molecule has 1 aromatic rings. The summed E-state index contributed by atoms with van der Waals surface area (Å²) < 4.78 is 52.7. The van der Waals surface area contributed by atoms with Gasteiger partial charge < -0.3 is 9.47 Å². The molecular formula is C30H41F3O3. The van der Waals surface area contributed by atoms with E-state index in [1.807, 2.05) is 53.7 Å². The molecule has 1 aliphatic heterocycles. The van der Waals surface area contributed by atoms with Crippen molar-refractivity contribution in [3.63, 3.8) is 0 Å². The number of fused-ring (bicyclic) bond motifs is 1. The third-order valence-electron chi connectivity index (χ3n) is 6.82. The number of carbonyl (C=O) groups excluding carboxylic acids is 1. The van der Waals surface area contributed by atoms with Gasteiger partial charge in [-0.15, -0.1) is 0 Å². The highest BCUT2D eigenvalue weighted by atomic mass is 19.4. The predicted molar refractivity (Wildman–Crippen MR) is 140 cm³/mol. The number of esters is 1. The molecule has 1 atom stereocenters. The Labute approximate surface area is 214 Å². The van der Waals surface area contributed by atoms with Gasteiger partial charge in [0.2, 0.25) is 0 Å². The topological polar surface area (TPSA) is 35.5 Å². The predicted octanol–water partition coefficient (Wildman–Crippen LogP) is 9.05. The molecule has 0 fully saturated rings. The average molecular weight is 507 g/mol. The highest BCUT2D eigenvalue weighted by Gasteiger charge is 2.35.